The number of carbonyl (C=O) groups excluding carboxylic acids is 1. The normalized spacial score (nSPS) is 26.4. The SMILES string of the molecule is CC(=O)Nc1ccc(NC(=S)NC2CC3CCC2C3)cc1. The van der Waals surface area contributed by atoms with Gasteiger partial charge in [-0.05, 0) is 67.6 Å². The molecule has 1 aromatic rings. The summed E-state index contributed by atoms with van der Waals surface area (Å²) in [5, 5.41) is 10.1. The number of carbonyl (C=O) groups is 1. The van der Waals surface area contributed by atoms with Gasteiger partial charge in [0.1, 0.15) is 0 Å². The largest absolute Gasteiger partial charge is 0.359 e. The van der Waals surface area contributed by atoms with Gasteiger partial charge in [0.25, 0.3) is 0 Å². The molecule has 2 aliphatic carbocycles. The molecule has 0 radical (unpaired) electrons. The first kappa shape index (κ1) is 14.3. The van der Waals surface area contributed by atoms with Crippen LogP contribution >= 0.6 is 12.2 Å². The quantitative estimate of drug-likeness (QED) is 0.751. The predicted octanol–water partition coefficient (Wildman–Crippen LogP) is 3.12. The molecule has 2 saturated carbocycles. The second-order valence-electron chi connectivity index (χ2n) is 6.14. The van der Waals surface area contributed by atoms with Crippen LogP contribution in [0, 0.1) is 11.8 Å². The van der Waals surface area contributed by atoms with Crippen molar-refractivity contribution in [3.8, 4) is 0 Å². The molecule has 2 bridgehead atoms. The first-order valence-corrected chi connectivity index (χ1v) is 7.96. The van der Waals surface area contributed by atoms with Crippen molar-refractivity contribution in [2.75, 3.05) is 10.6 Å². The van der Waals surface area contributed by atoms with Crippen molar-refractivity contribution < 1.29 is 4.79 Å². The molecule has 2 aliphatic rings. The van der Waals surface area contributed by atoms with Gasteiger partial charge in [0.05, 0.1) is 0 Å². The van der Waals surface area contributed by atoms with Crippen LogP contribution in [0.2, 0.25) is 0 Å². The van der Waals surface area contributed by atoms with Crippen LogP contribution in [0.5, 0.6) is 0 Å². The number of hydrogen-bond donors (Lipinski definition) is 3. The number of amides is 1. The Bertz CT molecular complexity index is 543. The van der Waals surface area contributed by atoms with Gasteiger partial charge in [-0.1, -0.05) is 6.42 Å². The Balaban J connectivity index is 1.51. The number of fused-ring (bicyclic) bond motifs is 2. The molecule has 1 aromatic carbocycles. The van der Waals surface area contributed by atoms with Crippen LogP contribution in [-0.4, -0.2) is 17.1 Å². The lowest BCUT2D eigenvalue weighted by Crippen LogP contribution is -2.40. The zero-order chi connectivity index (χ0) is 14.8. The third kappa shape index (κ3) is 3.53. The highest BCUT2D eigenvalue weighted by molar-refractivity contribution is 7.80. The highest BCUT2D eigenvalue weighted by Crippen LogP contribution is 2.44. The Morgan fingerprint density at radius 1 is 1.10 bits per heavy atom. The minimum absolute atomic E-state index is 0.0656. The molecule has 5 heteroatoms. The Kier molecular flexibility index (Phi) is 4.10. The molecule has 0 saturated heterocycles. The highest BCUT2D eigenvalue weighted by atomic mass is 32.1. The first-order chi connectivity index (χ1) is 10.1. The lowest BCUT2D eigenvalue weighted by molar-refractivity contribution is -0.114. The van der Waals surface area contributed by atoms with Crippen molar-refractivity contribution in [1.29, 1.82) is 0 Å². The summed E-state index contributed by atoms with van der Waals surface area (Å²) in [5.41, 5.74) is 1.73. The summed E-state index contributed by atoms with van der Waals surface area (Å²) in [5.74, 6) is 1.65. The first-order valence-electron chi connectivity index (χ1n) is 7.55. The van der Waals surface area contributed by atoms with E-state index in [2.05, 4.69) is 16.0 Å². The predicted molar refractivity (Wildman–Crippen MR) is 89.3 cm³/mol. The van der Waals surface area contributed by atoms with E-state index in [1.54, 1.807) is 0 Å². The molecule has 3 atom stereocenters. The third-order valence-electron chi connectivity index (χ3n) is 4.52. The van der Waals surface area contributed by atoms with E-state index in [1.165, 1.54) is 32.6 Å². The molecule has 0 spiro atoms. The lowest BCUT2D eigenvalue weighted by Gasteiger charge is -2.24. The minimum atomic E-state index is -0.0656. The van der Waals surface area contributed by atoms with Crippen molar-refractivity contribution in [2.45, 2.75) is 38.6 Å². The molecule has 3 N–H and O–H groups in total. The van der Waals surface area contributed by atoms with E-state index in [-0.39, 0.29) is 5.91 Å². The van der Waals surface area contributed by atoms with E-state index in [1.807, 2.05) is 24.3 Å². The molecule has 3 rings (SSSR count). The fourth-order valence-electron chi connectivity index (χ4n) is 3.60. The fraction of sp³-hybridized carbons (Fsp3) is 0.500. The molecule has 0 heterocycles. The van der Waals surface area contributed by atoms with Crippen molar-refractivity contribution in [3.63, 3.8) is 0 Å². The smallest absolute Gasteiger partial charge is 0.221 e. The summed E-state index contributed by atoms with van der Waals surface area (Å²) in [7, 11) is 0. The van der Waals surface area contributed by atoms with Crippen LogP contribution in [-0.2, 0) is 4.79 Å². The number of rotatable bonds is 3. The number of anilines is 2. The molecule has 0 aliphatic heterocycles. The Morgan fingerprint density at radius 3 is 2.29 bits per heavy atom. The number of thiocarbonyl (C=S) groups is 1. The van der Waals surface area contributed by atoms with E-state index in [0.717, 1.165) is 23.2 Å². The molecule has 21 heavy (non-hydrogen) atoms. The lowest BCUT2D eigenvalue weighted by atomic mass is 9.96. The van der Waals surface area contributed by atoms with E-state index in [9.17, 15) is 4.79 Å². The second-order valence-corrected chi connectivity index (χ2v) is 6.55. The molecule has 0 aromatic heterocycles. The van der Waals surface area contributed by atoms with E-state index >= 15 is 0 Å². The maximum absolute atomic E-state index is 11.0. The molecule has 4 nitrogen and oxygen atoms in total. The summed E-state index contributed by atoms with van der Waals surface area (Å²) >= 11 is 5.40. The number of nitrogens with one attached hydrogen (secondary N) is 3. The number of hydrogen-bond acceptors (Lipinski definition) is 2. The zero-order valence-electron chi connectivity index (χ0n) is 12.2. The molecule has 2 fully saturated rings. The van der Waals surface area contributed by atoms with Gasteiger partial charge >= 0.3 is 0 Å². The van der Waals surface area contributed by atoms with Crippen LogP contribution in [0.25, 0.3) is 0 Å². The molecular formula is C16H21N3OS. The van der Waals surface area contributed by atoms with E-state index in [4.69, 9.17) is 12.2 Å². The summed E-state index contributed by atoms with van der Waals surface area (Å²) in [4.78, 5) is 11.0. The highest BCUT2D eigenvalue weighted by Gasteiger charge is 2.39. The molecule has 1 amide bonds. The van der Waals surface area contributed by atoms with Crippen molar-refractivity contribution in [3.05, 3.63) is 24.3 Å². The van der Waals surface area contributed by atoms with E-state index < -0.39 is 0 Å². The number of benzene rings is 1. The van der Waals surface area contributed by atoms with Gasteiger partial charge in [0.2, 0.25) is 5.91 Å². The summed E-state index contributed by atoms with van der Waals surface area (Å²) in [6.45, 7) is 1.50. The molecule has 112 valence electrons. The van der Waals surface area contributed by atoms with Crippen LogP contribution < -0.4 is 16.0 Å². The molecule has 3 unspecified atom stereocenters. The van der Waals surface area contributed by atoms with Crippen molar-refractivity contribution in [1.82, 2.24) is 5.32 Å². The Labute approximate surface area is 130 Å². The van der Waals surface area contributed by atoms with Gasteiger partial charge in [-0.3, -0.25) is 4.79 Å². The average molecular weight is 303 g/mol. The van der Waals surface area contributed by atoms with Gasteiger partial charge in [-0.2, -0.15) is 0 Å². The van der Waals surface area contributed by atoms with Crippen LogP contribution in [0.4, 0.5) is 11.4 Å². The third-order valence-corrected chi connectivity index (χ3v) is 4.74. The standard InChI is InChI=1S/C16H21N3OS/c1-10(20)17-13-4-6-14(7-5-13)18-16(21)19-15-9-11-2-3-12(15)8-11/h4-7,11-12,15H,2-3,8-9H2,1H3,(H,17,20)(H2,18,19,21). The fourth-order valence-corrected chi connectivity index (χ4v) is 3.87. The Morgan fingerprint density at radius 2 is 1.76 bits per heavy atom. The maximum atomic E-state index is 11.0. The van der Waals surface area contributed by atoms with Crippen LogP contribution in [0.15, 0.2) is 24.3 Å². The molecular weight excluding hydrogens is 282 g/mol. The van der Waals surface area contributed by atoms with Gasteiger partial charge in [-0.25, -0.2) is 0 Å². The van der Waals surface area contributed by atoms with Crippen LogP contribution in [0.3, 0.4) is 0 Å². The van der Waals surface area contributed by atoms with Gasteiger partial charge < -0.3 is 16.0 Å². The van der Waals surface area contributed by atoms with Gasteiger partial charge in [0.15, 0.2) is 5.11 Å². The van der Waals surface area contributed by atoms with E-state index in [0.29, 0.717) is 11.2 Å². The van der Waals surface area contributed by atoms with Crippen molar-refractivity contribution >= 4 is 34.6 Å². The average Bonchev–Trinajstić information content (AvgIpc) is 3.02. The minimum Gasteiger partial charge on any atom is -0.359 e. The van der Waals surface area contributed by atoms with Crippen molar-refractivity contribution in [2.24, 2.45) is 11.8 Å². The van der Waals surface area contributed by atoms with Crippen LogP contribution in [0.1, 0.15) is 32.6 Å². The summed E-state index contributed by atoms with van der Waals surface area (Å²) < 4.78 is 0. The Hall–Kier alpha value is -1.62. The van der Waals surface area contributed by atoms with Gasteiger partial charge in [0, 0.05) is 24.3 Å². The summed E-state index contributed by atoms with van der Waals surface area (Å²) in [6.07, 6.45) is 5.36. The second kappa shape index (κ2) is 6.02. The van der Waals surface area contributed by atoms with Gasteiger partial charge in [-0.15, -0.1) is 0 Å². The maximum Gasteiger partial charge on any atom is 0.221 e. The summed E-state index contributed by atoms with van der Waals surface area (Å²) in [6, 6.07) is 8.11. The monoisotopic (exact) mass is 303 g/mol. The topological polar surface area (TPSA) is 53.2 Å². The zero-order valence-corrected chi connectivity index (χ0v) is 13.0.